The summed E-state index contributed by atoms with van der Waals surface area (Å²) < 4.78 is 30.1. The zero-order valence-electron chi connectivity index (χ0n) is 9.20. The maximum atomic E-state index is 12.2. The molecule has 2 N–H and O–H groups in total. The van der Waals surface area contributed by atoms with Crippen molar-refractivity contribution in [2.45, 2.75) is 0 Å². The first-order valence-corrected chi connectivity index (χ1v) is 8.71. The van der Waals surface area contributed by atoms with Crippen molar-refractivity contribution in [3.8, 4) is 11.1 Å². The van der Waals surface area contributed by atoms with Crippen molar-refractivity contribution in [2.75, 3.05) is 0 Å². The molecule has 0 unspecified atom stereocenters. The normalized spacial score (nSPS) is 13.3. The molecule has 0 atom stereocenters. The van der Waals surface area contributed by atoms with Gasteiger partial charge in [-0.1, -0.05) is 0 Å². The molecule has 1 aliphatic carbocycles. The molecular formula is C13H9AsO4. The van der Waals surface area contributed by atoms with Gasteiger partial charge in [-0.05, 0) is 0 Å². The first-order chi connectivity index (χ1) is 8.50. The summed E-state index contributed by atoms with van der Waals surface area (Å²) in [6, 6.07) is 11.6. The minimum atomic E-state index is -5.09. The molecule has 90 valence electrons. The summed E-state index contributed by atoms with van der Waals surface area (Å²) >= 11 is -5.09. The van der Waals surface area contributed by atoms with Gasteiger partial charge < -0.3 is 0 Å². The number of carbonyl (C=O) groups excluding carboxylic acids is 1. The molecule has 0 aromatic heterocycles. The van der Waals surface area contributed by atoms with E-state index in [0.29, 0.717) is 11.1 Å². The number of hydrogen-bond donors (Lipinski definition) is 2. The van der Waals surface area contributed by atoms with Gasteiger partial charge in [-0.3, -0.25) is 0 Å². The topological polar surface area (TPSA) is 74.6 Å². The third kappa shape index (κ3) is 1.51. The van der Waals surface area contributed by atoms with Crippen molar-refractivity contribution in [2.24, 2.45) is 0 Å². The van der Waals surface area contributed by atoms with E-state index in [0.717, 1.165) is 5.56 Å². The fourth-order valence-corrected chi connectivity index (χ4v) is 3.96. The van der Waals surface area contributed by atoms with Gasteiger partial charge in [-0.2, -0.15) is 0 Å². The first-order valence-electron chi connectivity index (χ1n) is 5.33. The van der Waals surface area contributed by atoms with Crippen LogP contribution >= 0.6 is 0 Å². The van der Waals surface area contributed by atoms with E-state index >= 15 is 0 Å². The Hall–Kier alpha value is -1.61. The Kier molecular flexibility index (Phi) is 2.35. The van der Waals surface area contributed by atoms with Crippen LogP contribution in [0.25, 0.3) is 11.1 Å². The number of rotatable bonds is 1. The third-order valence-corrected chi connectivity index (χ3v) is 5.14. The van der Waals surface area contributed by atoms with Crippen molar-refractivity contribution in [1.82, 2.24) is 0 Å². The van der Waals surface area contributed by atoms with Crippen molar-refractivity contribution in [1.29, 1.82) is 0 Å². The van der Waals surface area contributed by atoms with Gasteiger partial charge in [0.05, 0.1) is 0 Å². The quantitative estimate of drug-likeness (QED) is 0.641. The van der Waals surface area contributed by atoms with Gasteiger partial charge in [-0.15, -0.1) is 0 Å². The summed E-state index contributed by atoms with van der Waals surface area (Å²) in [5, 5.41) is 0. The van der Waals surface area contributed by atoms with Crippen LogP contribution < -0.4 is 4.35 Å². The Bertz CT molecular complexity index is 715. The van der Waals surface area contributed by atoms with Crippen molar-refractivity contribution in [3.05, 3.63) is 53.6 Å². The van der Waals surface area contributed by atoms with Crippen LogP contribution in [0, 0.1) is 0 Å². The molecule has 1 aliphatic rings. The standard InChI is InChI=1S/C13H9AsO4/c15-13-10-5-2-1-4-8(10)9-6-3-7-11(12(9)13)14(16,17)18/h1-7H,(H2,16,17,18). The first kappa shape index (κ1) is 11.5. The second-order valence-electron chi connectivity index (χ2n) is 4.12. The van der Waals surface area contributed by atoms with Gasteiger partial charge in [0.15, 0.2) is 0 Å². The zero-order chi connectivity index (χ0) is 12.9. The van der Waals surface area contributed by atoms with E-state index in [-0.39, 0.29) is 15.7 Å². The predicted molar refractivity (Wildman–Crippen MR) is 65.8 cm³/mol. The molecule has 18 heavy (non-hydrogen) atoms. The zero-order valence-corrected chi connectivity index (χ0v) is 11.1. The molecule has 0 bridgehead atoms. The molecule has 5 heteroatoms. The number of benzene rings is 2. The number of carbonyl (C=O) groups is 1. The molecule has 2 aromatic carbocycles. The monoisotopic (exact) mass is 304 g/mol. The van der Waals surface area contributed by atoms with Crippen LogP contribution in [0.5, 0.6) is 0 Å². The molecule has 0 saturated heterocycles. The Labute approximate surface area is 106 Å². The summed E-state index contributed by atoms with van der Waals surface area (Å²) in [5.74, 6) is -0.305. The van der Waals surface area contributed by atoms with Crippen LogP contribution in [0.3, 0.4) is 0 Å². The Morgan fingerprint density at radius 3 is 2.11 bits per heavy atom. The summed E-state index contributed by atoms with van der Waals surface area (Å²) in [4.78, 5) is 12.2. The van der Waals surface area contributed by atoms with Crippen LogP contribution in [-0.2, 0) is 3.74 Å². The van der Waals surface area contributed by atoms with Crippen LogP contribution in [0.4, 0.5) is 0 Å². The van der Waals surface area contributed by atoms with E-state index in [2.05, 4.69) is 0 Å². The van der Waals surface area contributed by atoms with Crippen molar-refractivity contribution >= 4 is 24.3 Å². The molecule has 0 heterocycles. The predicted octanol–water partition coefficient (Wildman–Crippen LogP) is 0.459. The van der Waals surface area contributed by atoms with Crippen LogP contribution in [-0.4, -0.2) is 28.1 Å². The number of fused-ring (bicyclic) bond motifs is 3. The van der Waals surface area contributed by atoms with Crippen LogP contribution in [0.2, 0.25) is 0 Å². The molecule has 0 amide bonds. The Morgan fingerprint density at radius 1 is 0.833 bits per heavy atom. The van der Waals surface area contributed by atoms with Gasteiger partial charge in [0.25, 0.3) is 0 Å². The molecule has 0 radical (unpaired) electrons. The average Bonchev–Trinajstić information content (AvgIpc) is 2.63. The second-order valence-corrected chi connectivity index (χ2v) is 7.41. The Morgan fingerprint density at radius 2 is 1.44 bits per heavy atom. The van der Waals surface area contributed by atoms with E-state index in [9.17, 15) is 16.7 Å². The molecule has 2 aromatic rings. The molecule has 0 aliphatic heterocycles. The van der Waals surface area contributed by atoms with Gasteiger partial charge >= 0.3 is 106 Å². The molecular weight excluding hydrogens is 295 g/mol. The third-order valence-electron chi connectivity index (χ3n) is 3.05. The second kappa shape index (κ2) is 3.69. The molecule has 3 rings (SSSR count). The number of ketones is 1. The van der Waals surface area contributed by atoms with Crippen molar-refractivity contribution in [3.63, 3.8) is 0 Å². The van der Waals surface area contributed by atoms with Gasteiger partial charge in [0.1, 0.15) is 0 Å². The number of hydrogen-bond acceptors (Lipinski definition) is 2. The summed E-state index contributed by atoms with van der Waals surface area (Å²) in [6.45, 7) is 0. The maximum absolute atomic E-state index is 12.2. The van der Waals surface area contributed by atoms with Crippen molar-refractivity contribution < 1.29 is 16.7 Å². The van der Waals surface area contributed by atoms with Gasteiger partial charge in [0, 0.05) is 0 Å². The van der Waals surface area contributed by atoms with Crippen LogP contribution in [0.15, 0.2) is 42.5 Å². The summed E-state index contributed by atoms with van der Waals surface area (Å²) in [7, 11) is 0. The fourth-order valence-electron chi connectivity index (χ4n) is 2.30. The average molecular weight is 304 g/mol. The van der Waals surface area contributed by atoms with Gasteiger partial charge in [-0.25, -0.2) is 0 Å². The fraction of sp³-hybridized carbons (Fsp3) is 0. The minimum absolute atomic E-state index is 0.133. The van der Waals surface area contributed by atoms with Gasteiger partial charge in [0.2, 0.25) is 0 Å². The summed E-state index contributed by atoms with van der Waals surface area (Å²) in [6.07, 6.45) is 0. The van der Waals surface area contributed by atoms with E-state index in [4.69, 9.17) is 0 Å². The van der Waals surface area contributed by atoms with E-state index in [1.54, 1.807) is 36.4 Å². The molecule has 0 saturated carbocycles. The van der Waals surface area contributed by atoms with E-state index in [1.165, 1.54) is 6.07 Å². The SMILES string of the molecule is O=C1c2ccccc2-c2cccc([As](=O)(O)O)c21. The van der Waals surface area contributed by atoms with E-state index in [1.807, 2.05) is 0 Å². The molecule has 4 nitrogen and oxygen atoms in total. The van der Waals surface area contributed by atoms with Crippen LogP contribution in [0.1, 0.15) is 15.9 Å². The van der Waals surface area contributed by atoms with E-state index < -0.39 is 14.2 Å². The molecule has 0 spiro atoms. The Balaban J connectivity index is 2.38. The molecule has 0 fully saturated rings. The summed E-state index contributed by atoms with van der Waals surface area (Å²) in [5.41, 5.74) is 2.01.